The molecule has 1 unspecified atom stereocenters. The minimum Gasteiger partial charge on any atom is -0.482 e. The van der Waals surface area contributed by atoms with Gasteiger partial charge in [-0.3, -0.25) is 4.79 Å². The largest absolute Gasteiger partial charge is 0.482 e. The Morgan fingerprint density at radius 2 is 2.33 bits per heavy atom. The summed E-state index contributed by atoms with van der Waals surface area (Å²) in [6, 6.07) is 5.90. The molecule has 0 aromatic heterocycles. The van der Waals surface area contributed by atoms with E-state index in [1.54, 1.807) is 4.90 Å². The van der Waals surface area contributed by atoms with Crippen molar-refractivity contribution in [2.24, 2.45) is 0 Å². The first-order chi connectivity index (χ1) is 8.74. The van der Waals surface area contributed by atoms with Crippen molar-refractivity contribution in [3.8, 4) is 5.75 Å². The SMILES string of the molecule is O=C1COc2cc(I)ccc2N1CC1CCCO1. The number of nitrogens with zero attached hydrogens (tertiary/aromatic N) is 1. The van der Waals surface area contributed by atoms with Gasteiger partial charge in [-0.1, -0.05) is 0 Å². The Hall–Kier alpha value is -0.820. The van der Waals surface area contributed by atoms with E-state index in [0.29, 0.717) is 6.54 Å². The van der Waals surface area contributed by atoms with Crippen LogP contribution in [0.5, 0.6) is 5.75 Å². The fraction of sp³-hybridized carbons (Fsp3) is 0.462. The molecule has 1 aromatic rings. The van der Waals surface area contributed by atoms with Crippen LogP contribution >= 0.6 is 22.6 Å². The van der Waals surface area contributed by atoms with E-state index < -0.39 is 0 Å². The Balaban J connectivity index is 1.86. The first-order valence-electron chi connectivity index (χ1n) is 6.08. The smallest absolute Gasteiger partial charge is 0.265 e. The average molecular weight is 359 g/mol. The fourth-order valence-electron chi connectivity index (χ4n) is 2.37. The van der Waals surface area contributed by atoms with Crippen LogP contribution in [0.2, 0.25) is 0 Å². The Morgan fingerprint density at radius 1 is 1.44 bits per heavy atom. The highest BCUT2D eigenvalue weighted by Crippen LogP contribution is 2.34. The number of rotatable bonds is 2. The van der Waals surface area contributed by atoms with Gasteiger partial charge in [0.15, 0.2) is 6.61 Å². The molecule has 3 rings (SSSR count). The van der Waals surface area contributed by atoms with Gasteiger partial charge in [0, 0.05) is 10.2 Å². The molecule has 2 heterocycles. The van der Waals surface area contributed by atoms with E-state index >= 15 is 0 Å². The minimum absolute atomic E-state index is 0.0132. The Bertz CT molecular complexity index is 471. The Morgan fingerprint density at radius 3 is 3.11 bits per heavy atom. The van der Waals surface area contributed by atoms with Gasteiger partial charge >= 0.3 is 0 Å². The van der Waals surface area contributed by atoms with Crippen molar-refractivity contribution in [2.75, 3.05) is 24.7 Å². The first kappa shape index (κ1) is 12.2. The summed E-state index contributed by atoms with van der Waals surface area (Å²) in [6.45, 7) is 1.57. The number of hydrogen-bond donors (Lipinski definition) is 0. The van der Waals surface area contributed by atoms with Crippen LogP contribution in [-0.4, -0.2) is 31.8 Å². The van der Waals surface area contributed by atoms with Gasteiger partial charge in [-0.2, -0.15) is 0 Å². The van der Waals surface area contributed by atoms with Crippen LogP contribution in [0.25, 0.3) is 0 Å². The average Bonchev–Trinajstić information content (AvgIpc) is 2.86. The summed E-state index contributed by atoms with van der Waals surface area (Å²) in [4.78, 5) is 13.8. The van der Waals surface area contributed by atoms with Gasteiger partial charge in [-0.05, 0) is 53.6 Å². The standard InChI is InChI=1S/C13H14INO3/c14-9-3-4-11-12(6-9)18-8-13(16)15(11)7-10-2-1-5-17-10/h3-4,6,10H,1-2,5,7-8H2. The van der Waals surface area contributed by atoms with Crippen molar-refractivity contribution in [1.82, 2.24) is 0 Å². The number of benzene rings is 1. The summed E-state index contributed by atoms with van der Waals surface area (Å²) in [5.41, 5.74) is 0.863. The van der Waals surface area contributed by atoms with E-state index in [2.05, 4.69) is 22.6 Å². The molecule has 1 amide bonds. The molecule has 1 atom stereocenters. The number of hydrogen-bond acceptors (Lipinski definition) is 3. The quantitative estimate of drug-likeness (QED) is 0.760. The molecular weight excluding hydrogens is 345 g/mol. The third kappa shape index (κ3) is 2.33. The van der Waals surface area contributed by atoms with Gasteiger partial charge in [0.2, 0.25) is 0 Å². The van der Waals surface area contributed by atoms with E-state index in [0.717, 1.165) is 34.5 Å². The molecule has 0 bridgehead atoms. The topological polar surface area (TPSA) is 38.8 Å². The summed E-state index contributed by atoms with van der Waals surface area (Å²) in [7, 11) is 0. The number of halogens is 1. The van der Waals surface area contributed by atoms with Crippen LogP contribution in [0, 0.1) is 3.57 Å². The summed E-state index contributed by atoms with van der Waals surface area (Å²) < 4.78 is 12.2. The van der Waals surface area contributed by atoms with Gasteiger partial charge in [-0.25, -0.2) is 0 Å². The number of carbonyl (C=O) groups excluding carboxylic acids is 1. The lowest BCUT2D eigenvalue weighted by atomic mass is 10.2. The number of amides is 1. The molecule has 0 N–H and O–H groups in total. The lowest BCUT2D eigenvalue weighted by molar-refractivity contribution is -0.121. The van der Waals surface area contributed by atoms with Crippen LogP contribution in [0.1, 0.15) is 12.8 Å². The first-order valence-corrected chi connectivity index (χ1v) is 7.16. The van der Waals surface area contributed by atoms with Gasteiger partial charge in [0.05, 0.1) is 18.3 Å². The number of carbonyl (C=O) groups is 1. The Kier molecular flexibility index (Phi) is 3.43. The van der Waals surface area contributed by atoms with Crippen molar-refractivity contribution in [1.29, 1.82) is 0 Å². The fourth-order valence-corrected chi connectivity index (χ4v) is 2.83. The summed E-state index contributed by atoms with van der Waals surface area (Å²) in [5.74, 6) is 0.804. The molecule has 1 saturated heterocycles. The second kappa shape index (κ2) is 5.05. The molecule has 0 aliphatic carbocycles. The zero-order valence-electron chi connectivity index (χ0n) is 9.89. The van der Waals surface area contributed by atoms with E-state index in [4.69, 9.17) is 9.47 Å². The second-order valence-corrected chi connectivity index (χ2v) is 5.79. The molecular formula is C13H14INO3. The molecule has 4 nitrogen and oxygen atoms in total. The molecule has 18 heavy (non-hydrogen) atoms. The lowest BCUT2D eigenvalue weighted by Gasteiger charge is -2.31. The molecule has 96 valence electrons. The molecule has 1 fully saturated rings. The van der Waals surface area contributed by atoms with Crippen LogP contribution in [0.4, 0.5) is 5.69 Å². The maximum Gasteiger partial charge on any atom is 0.265 e. The zero-order chi connectivity index (χ0) is 12.5. The Labute approximate surface area is 119 Å². The molecule has 0 spiro atoms. The maximum absolute atomic E-state index is 12.0. The molecule has 5 heteroatoms. The van der Waals surface area contributed by atoms with Crippen molar-refractivity contribution < 1.29 is 14.3 Å². The number of ether oxygens (including phenoxy) is 2. The number of anilines is 1. The highest BCUT2D eigenvalue weighted by molar-refractivity contribution is 14.1. The number of fused-ring (bicyclic) bond motifs is 1. The second-order valence-electron chi connectivity index (χ2n) is 4.54. The van der Waals surface area contributed by atoms with Gasteiger partial charge in [0.25, 0.3) is 5.91 Å². The van der Waals surface area contributed by atoms with E-state index in [-0.39, 0.29) is 18.6 Å². The predicted molar refractivity (Wildman–Crippen MR) is 76.0 cm³/mol. The molecule has 1 aromatic carbocycles. The van der Waals surface area contributed by atoms with E-state index in [1.165, 1.54) is 0 Å². The van der Waals surface area contributed by atoms with E-state index in [1.807, 2.05) is 18.2 Å². The third-order valence-electron chi connectivity index (χ3n) is 3.28. The summed E-state index contributed by atoms with van der Waals surface area (Å²) in [6.07, 6.45) is 2.28. The van der Waals surface area contributed by atoms with Gasteiger partial charge in [0.1, 0.15) is 5.75 Å². The van der Waals surface area contributed by atoms with Gasteiger partial charge < -0.3 is 14.4 Å². The maximum atomic E-state index is 12.0. The van der Waals surface area contributed by atoms with Crippen LogP contribution in [0.15, 0.2) is 18.2 Å². The van der Waals surface area contributed by atoms with Crippen molar-refractivity contribution in [3.05, 3.63) is 21.8 Å². The highest BCUT2D eigenvalue weighted by Gasteiger charge is 2.29. The van der Waals surface area contributed by atoms with Crippen LogP contribution in [-0.2, 0) is 9.53 Å². The summed E-state index contributed by atoms with van der Waals surface area (Å²) in [5, 5.41) is 0. The van der Waals surface area contributed by atoms with Gasteiger partial charge in [-0.15, -0.1) is 0 Å². The molecule has 2 aliphatic heterocycles. The predicted octanol–water partition coefficient (Wildman–Crippen LogP) is 2.20. The third-order valence-corrected chi connectivity index (χ3v) is 3.95. The molecule has 0 saturated carbocycles. The minimum atomic E-state index is 0.0132. The van der Waals surface area contributed by atoms with Crippen molar-refractivity contribution in [2.45, 2.75) is 18.9 Å². The van der Waals surface area contributed by atoms with Crippen LogP contribution < -0.4 is 9.64 Å². The zero-order valence-corrected chi connectivity index (χ0v) is 12.1. The van der Waals surface area contributed by atoms with Crippen LogP contribution in [0.3, 0.4) is 0 Å². The summed E-state index contributed by atoms with van der Waals surface area (Å²) >= 11 is 2.24. The van der Waals surface area contributed by atoms with Crippen molar-refractivity contribution in [3.63, 3.8) is 0 Å². The lowest BCUT2D eigenvalue weighted by Crippen LogP contribution is -2.43. The molecule has 0 radical (unpaired) electrons. The highest BCUT2D eigenvalue weighted by atomic mass is 127. The monoisotopic (exact) mass is 359 g/mol. The molecule has 2 aliphatic rings. The van der Waals surface area contributed by atoms with Crippen molar-refractivity contribution >= 4 is 34.2 Å². The van der Waals surface area contributed by atoms with E-state index in [9.17, 15) is 4.79 Å². The normalized spacial score (nSPS) is 22.8.